The molecule has 3 rings (SSSR count). The molecule has 5 nitrogen and oxygen atoms in total. The van der Waals surface area contributed by atoms with Gasteiger partial charge in [-0.1, -0.05) is 6.07 Å². The summed E-state index contributed by atoms with van der Waals surface area (Å²) in [5.41, 5.74) is 0.644. The minimum absolute atomic E-state index is 0.0150. The van der Waals surface area contributed by atoms with Crippen molar-refractivity contribution in [2.75, 3.05) is 6.54 Å². The van der Waals surface area contributed by atoms with Crippen molar-refractivity contribution >= 4 is 33.2 Å². The number of carbonyl (C=O) groups excluding carboxylic acids is 1. The molecule has 24 heavy (non-hydrogen) atoms. The largest absolute Gasteiger partial charge is 0.586 e. The quantitative estimate of drug-likeness (QED) is 0.755. The highest BCUT2D eigenvalue weighted by Crippen LogP contribution is 2.41. The van der Waals surface area contributed by atoms with E-state index in [4.69, 9.17) is 0 Å². The zero-order valence-electron chi connectivity index (χ0n) is 12.3. The molecule has 0 radical (unpaired) electrons. The molecule has 0 atom stereocenters. The number of rotatable bonds is 6. The molecule has 0 aliphatic carbocycles. The van der Waals surface area contributed by atoms with Gasteiger partial charge in [0.05, 0.1) is 10.3 Å². The van der Waals surface area contributed by atoms with Crippen molar-refractivity contribution in [3.63, 3.8) is 0 Å². The summed E-state index contributed by atoms with van der Waals surface area (Å²) >= 11 is 4.97. The lowest BCUT2D eigenvalue weighted by atomic mass is 10.2. The predicted octanol–water partition coefficient (Wildman–Crippen LogP) is 3.24. The van der Waals surface area contributed by atoms with Gasteiger partial charge in [-0.2, -0.15) is 0 Å². The number of nitrogens with one attached hydrogen (secondary N) is 2. The molecule has 2 N–H and O–H groups in total. The summed E-state index contributed by atoms with van der Waals surface area (Å²) in [6, 6.07) is 8.34. The summed E-state index contributed by atoms with van der Waals surface area (Å²) in [6.45, 7) is 0.980. The molecule has 1 aromatic heterocycles. The Morgan fingerprint density at radius 1 is 1.17 bits per heavy atom. The number of fused-ring (bicyclic) bond motifs is 1. The summed E-state index contributed by atoms with van der Waals surface area (Å²) in [6.07, 6.45) is -3.63. The Morgan fingerprint density at radius 2 is 1.96 bits per heavy atom. The second-order valence-corrected chi connectivity index (χ2v) is 7.58. The van der Waals surface area contributed by atoms with E-state index in [0.717, 1.165) is 8.66 Å². The number of thiophene rings is 1. The van der Waals surface area contributed by atoms with Crippen LogP contribution in [0, 0.1) is 0 Å². The van der Waals surface area contributed by atoms with Crippen molar-refractivity contribution in [2.24, 2.45) is 0 Å². The summed E-state index contributed by atoms with van der Waals surface area (Å²) < 4.78 is 35.6. The Bertz CT molecular complexity index is 754. The number of halogens is 3. The van der Waals surface area contributed by atoms with E-state index in [1.54, 1.807) is 17.4 Å². The van der Waals surface area contributed by atoms with Crippen LogP contribution in [0.1, 0.15) is 10.4 Å². The summed E-state index contributed by atoms with van der Waals surface area (Å²) in [5, 5.41) is 5.75. The third-order valence-corrected chi connectivity index (χ3v) is 4.79. The summed E-state index contributed by atoms with van der Waals surface area (Å²) in [4.78, 5) is 12.9. The van der Waals surface area contributed by atoms with Gasteiger partial charge in [-0.05, 0) is 45.8 Å². The molecule has 0 saturated heterocycles. The Morgan fingerprint density at radius 3 is 2.71 bits per heavy atom. The SMILES string of the molecule is O=C(CNCc1ccc(Br)s1)NCc1ccc2c(c1)OC(F)(F)O2. The molecule has 2 aromatic rings. The van der Waals surface area contributed by atoms with Gasteiger partial charge in [0, 0.05) is 18.0 Å². The molecule has 1 aliphatic rings. The number of carbonyl (C=O) groups is 1. The van der Waals surface area contributed by atoms with E-state index in [1.807, 2.05) is 12.1 Å². The highest BCUT2D eigenvalue weighted by atomic mass is 79.9. The van der Waals surface area contributed by atoms with Crippen LogP contribution in [0.25, 0.3) is 0 Å². The molecule has 0 unspecified atom stereocenters. The van der Waals surface area contributed by atoms with Crippen molar-refractivity contribution in [3.8, 4) is 11.5 Å². The van der Waals surface area contributed by atoms with Gasteiger partial charge in [0.25, 0.3) is 0 Å². The molecule has 0 fully saturated rings. The topological polar surface area (TPSA) is 59.6 Å². The minimum Gasteiger partial charge on any atom is -0.395 e. The maximum absolute atomic E-state index is 12.9. The van der Waals surface area contributed by atoms with Crippen molar-refractivity contribution in [2.45, 2.75) is 19.4 Å². The fraction of sp³-hybridized carbons (Fsp3) is 0.267. The molecule has 1 aromatic carbocycles. The number of hydrogen-bond donors (Lipinski definition) is 2. The molecule has 2 heterocycles. The van der Waals surface area contributed by atoms with Crippen molar-refractivity contribution < 1.29 is 23.0 Å². The van der Waals surface area contributed by atoms with Gasteiger partial charge < -0.3 is 20.1 Å². The molecule has 1 aliphatic heterocycles. The van der Waals surface area contributed by atoms with E-state index < -0.39 is 6.29 Å². The van der Waals surface area contributed by atoms with Crippen LogP contribution < -0.4 is 20.1 Å². The smallest absolute Gasteiger partial charge is 0.395 e. The number of hydrogen-bond acceptors (Lipinski definition) is 5. The van der Waals surface area contributed by atoms with Gasteiger partial charge in [-0.3, -0.25) is 4.79 Å². The molecular weight excluding hydrogens is 406 g/mol. The third kappa shape index (κ3) is 4.43. The molecule has 9 heteroatoms. The Balaban J connectivity index is 1.43. The summed E-state index contributed by atoms with van der Waals surface area (Å²) in [5.74, 6) is -0.236. The normalized spacial score (nSPS) is 14.6. The van der Waals surface area contributed by atoms with Crippen molar-refractivity contribution in [3.05, 3.63) is 44.6 Å². The highest BCUT2D eigenvalue weighted by Gasteiger charge is 2.43. The average Bonchev–Trinajstić information content (AvgIpc) is 3.05. The first kappa shape index (κ1) is 17.1. The monoisotopic (exact) mass is 418 g/mol. The zero-order valence-corrected chi connectivity index (χ0v) is 14.7. The fourth-order valence-corrected chi connectivity index (χ4v) is 3.57. The lowest BCUT2D eigenvalue weighted by Gasteiger charge is -2.07. The molecule has 0 spiro atoms. The molecule has 128 valence electrons. The standard InChI is InChI=1S/C15H13BrF2N2O3S/c16-13-4-2-10(24-13)7-19-8-14(21)20-6-9-1-3-11-12(5-9)23-15(17,18)22-11/h1-5,19H,6-8H2,(H,20,21). The molecule has 0 saturated carbocycles. The maximum atomic E-state index is 12.9. The Hall–Kier alpha value is -1.71. The Labute approximate surface area is 149 Å². The second kappa shape index (κ2) is 7.04. The van der Waals surface area contributed by atoms with Gasteiger partial charge in [-0.25, -0.2) is 0 Å². The van der Waals surface area contributed by atoms with Crippen LogP contribution in [-0.2, 0) is 17.9 Å². The number of ether oxygens (including phenoxy) is 2. The highest BCUT2D eigenvalue weighted by molar-refractivity contribution is 9.11. The van der Waals surface area contributed by atoms with Crippen LogP contribution >= 0.6 is 27.3 Å². The average molecular weight is 419 g/mol. The van der Waals surface area contributed by atoms with Crippen molar-refractivity contribution in [1.29, 1.82) is 0 Å². The van der Waals surface area contributed by atoms with E-state index in [9.17, 15) is 13.6 Å². The fourth-order valence-electron chi connectivity index (χ4n) is 2.11. The first-order valence-corrected chi connectivity index (χ1v) is 8.63. The van der Waals surface area contributed by atoms with Crippen LogP contribution in [0.15, 0.2) is 34.1 Å². The van der Waals surface area contributed by atoms with Crippen LogP contribution in [0.5, 0.6) is 11.5 Å². The minimum atomic E-state index is -3.63. The van der Waals surface area contributed by atoms with Gasteiger partial charge in [-0.15, -0.1) is 20.1 Å². The van der Waals surface area contributed by atoms with E-state index in [1.165, 1.54) is 12.1 Å². The van der Waals surface area contributed by atoms with E-state index in [0.29, 0.717) is 12.1 Å². The molecule has 1 amide bonds. The first-order chi connectivity index (χ1) is 11.4. The Kier molecular flexibility index (Phi) is 5.02. The van der Waals surface area contributed by atoms with Gasteiger partial charge in [0.2, 0.25) is 5.91 Å². The molecule has 0 bridgehead atoms. The second-order valence-electron chi connectivity index (χ2n) is 5.03. The van der Waals surface area contributed by atoms with Gasteiger partial charge in [0.15, 0.2) is 11.5 Å². The van der Waals surface area contributed by atoms with Crippen LogP contribution in [0.4, 0.5) is 8.78 Å². The van der Waals surface area contributed by atoms with Crippen molar-refractivity contribution in [1.82, 2.24) is 10.6 Å². The predicted molar refractivity (Wildman–Crippen MR) is 88.2 cm³/mol. The first-order valence-electron chi connectivity index (χ1n) is 7.02. The van der Waals surface area contributed by atoms with Crippen LogP contribution in [0.3, 0.4) is 0 Å². The zero-order chi connectivity index (χ0) is 17.2. The number of alkyl halides is 2. The lowest BCUT2D eigenvalue weighted by Crippen LogP contribution is -2.33. The van der Waals surface area contributed by atoms with E-state index in [-0.39, 0.29) is 30.5 Å². The van der Waals surface area contributed by atoms with E-state index >= 15 is 0 Å². The third-order valence-electron chi connectivity index (χ3n) is 3.17. The van der Waals surface area contributed by atoms with Gasteiger partial charge in [0.1, 0.15) is 0 Å². The van der Waals surface area contributed by atoms with Crippen LogP contribution in [-0.4, -0.2) is 18.7 Å². The molecular formula is C15H13BrF2N2O3S. The number of amides is 1. The summed E-state index contributed by atoms with van der Waals surface area (Å²) in [7, 11) is 0. The van der Waals surface area contributed by atoms with Gasteiger partial charge >= 0.3 is 6.29 Å². The van der Waals surface area contributed by atoms with E-state index in [2.05, 4.69) is 36.0 Å². The lowest BCUT2D eigenvalue weighted by molar-refractivity contribution is -0.286. The number of benzene rings is 1. The van der Waals surface area contributed by atoms with Crippen LogP contribution in [0.2, 0.25) is 0 Å². The maximum Gasteiger partial charge on any atom is 0.586 e.